The normalized spacial score (nSPS) is 11.3. The summed E-state index contributed by atoms with van der Waals surface area (Å²) in [5.41, 5.74) is 3.35. The molecule has 0 aliphatic rings. The van der Waals surface area contributed by atoms with E-state index in [9.17, 15) is 9.59 Å². The average Bonchev–Trinajstić information content (AvgIpc) is 3.06. The number of nitrogens with zero attached hydrogens (tertiary/aromatic N) is 3. The quantitative estimate of drug-likeness (QED) is 0.648. The number of carbonyl (C=O) groups excluding carboxylic acids is 1. The van der Waals surface area contributed by atoms with Gasteiger partial charge in [0.05, 0.1) is 12.3 Å². The van der Waals surface area contributed by atoms with Gasteiger partial charge >= 0.3 is 5.97 Å². The van der Waals surface area contributed by atoms with Gasteiger partial charge in [0.15, 0.2) is 5.65 Å². The van der Waals surface area contributed by atoms with Gasteiger partial charge in [-0.3, -0.25) is 14.8 Å². The minimum absolute atomic E-state index is 0.253. The molecule has 0 bridgehead atoms. The first-order valence-electron chi connectivity index (χ1n) is 9.07. The van der Waals surface area contributed by atoms with E-state index in [2.05, 4.69) is 47.0 Å². The van der Waals surface area contributed by atoms with E-state index in [1.807, 2.05) is 6.07 Å². The molecule has 0 spiro atoms. The van der Waals surface area contributed by atoms with Crippen LogP contribution in [0.5, 0.6) is 0 Å². The number of ether oxygens (including phenoxy) is 1. The van der Waals surface area contributed by atoms with Gasteiger partial charge in [0, 0.05) is 25.4 Å². The van der Waals surface area contributed by atoms with E-state index in [0.717, 1.165) is 13.1 Å². The highest BCUT2D eigenvalue weighted by atomic mass is 16.5. The van der Waals surface area contributed by atoms with Gasteiger partial charge < -0.3 is 4.74 Å². The number of H-pyrrole nitrogens is 1. The second-order valence-corrected chi connectivity index (χ2v) is 6.44. The molecule has 0 saturated heterocycles. The molecule has 3 aromatic rings. The van der Waals surface area contributed by atoms with Crippen molar-refractivity contribution in [2.45, 2.75) is 33.9 Å². The van der Waals surface area contributed by atoms with Crippen LogP contribution < -0.4 is 5.56 Å². The molecule has 0 aliphatic heterocycles. The molecule has 2 heterocycles. The van der Waals surface area contributed by atoms with Crippen molar-refractivity contribution in [1.29, 1.82) is 0 Å². The molecule has 0 unspecified atom stereocenters. The fraction of sp³-hybridized carbons (Fsp3) is 0.350. The van der Waals surface area contributed by atoms with Crippen LogP contribution >= 0.6 is 0 Å². The van der Waals surface area contributed by atoms with Crippen molar-refractivity contribution < 1.29 is 9.53 Å². The van der Waals surface area contributed by atoms with Crippen molar-refractivity contribution >= 4 is 11.6 Å². The largest absolute Gasteiger partial charge is 0.462 e. The van der Waals surface area contributed by atoms with E-state index in [1.54, 1.807) is 6.92 Å². The third kappa shape index (κ3) is 4.25. The molecular weight excluding hydrogens is 344 g/mol. The van der Waals surface area contributed by atoms with Gasteiger partial charge in [-0.1, -0.05) is 36.8 Å². The molecule has 0 amide bonds. The molecule has 1 N–H and O–H groups in total. The van der Waals surface area contributed by atoms with Crippen LogP contribution in [0.3, 0.4) is 0 Å². The number of hydrogen-bond donors (Lipinski definition) is 1. The van der Waals surface area contributed by atoms with E-state index < -0.39 is 5.97 Å². The van der Waals surface area contributed by atoms with Gasteiger partial charge in [0.2, 0.25) is 0 Å². The molecule has 0 atom stereocenters. The van der Waals surface area contributed by atoms with Crippen molar-refractivity contribution in [3.63, 3.8) is 0 Å². The predicted octanol–water partition coefficient (Wildman–Crippen LogP) is 2.53. The number of rotatable bonds is 7. The van der Waals surface area contributed by atoms with E-state index in [1.165, 1.54) is 27.9 Å². The number of aryl methyl sites for hydroxylation is 1. The van der Waals surface area contributed by atoms with Crippen LogP contribution in [-0.4, -0.2) is 38.6 Å². The smallest absolute Gasteiger partial charge is 0.343 e. The van der Waals surface area contributed by atoms with Gasteiger partial charge in [0.1, 0.15) is 5.56 Å². The topological polar surface area (TPSA) is 79.7 Å². The summed E-state index contributed by atoms with van der Waals surface area (Å²) >= 11 is 0. The second kappa shape index (κ2) is 8.18. The summed E-state index contributed by atoms with van der Waals surface area (Å²) in [6.45, 7) is 8.23. The Morgan fingerprint density at radius 2 is 2.07 bits per heavy atom. The maximum absolute atomic E-state index is 12.4. The van der Waals surface area contributed by atoms with Gasteiger partial charge in [-0.15, -0.1) is 0 Å². The highest BCUT2D eigenvalue weighted by Crippen LogP contribution is 2.12. The molecule has 142 valence electrons. The zero-order valence-electron chi connectivity index (χ0n) is 15.9. The Kier molecular flexibility index (Phi) is 5.71. The zero-order chi connectivity index (χ0) is 19.4. The summed E-state index contributed by atoms with van der Waals surface area (Å²) in [5.74, 6) is -0.493. The first kappa shape index (κ1) is 18.8. The Morgan fingerprint density at radius 3 is 2.78 bits per heavy atom. The van der Waals surface area contributed by atoms with Crippen molar-refractivity contribution in [1.82, 2.24) is 19.5 Å². The minimum atomic E-state index is -0.493. The van der Waals surface area contributed by atoms with Crippen LogP contribution in [0.1, 0.15) is 41.0 Å². The van der Waals surface area contributed by atoms with Crippen molar-refractivity contribution in [3.05, 3.63) is 69.3 Å². The lowest BCUT2D eigenvalue weighted by atomic mass is 10.1. The lowest BCUT2D eigenvalue weighted by Gasteiger charge is -2.20. The summed E-state index contributed by atoms with van der Waals surface area (Å²) in [6.07, 6.45) is 1.45. The average molecular weight is 368 g/mol. The Bertz CT molecular complexity index is 1010. The van der Waals surface area contributed by atoms with Crippen LogP contribution in [0.4, 0.5) is 0 Å². The summed E-state index contributed by atoms with van der Waals surface area (Å²) in [4.78, 5) is 31.2. The fourth-order valence-corrected chi connectivity index (χ4v) is 3.05. The summed E-state index contributed by atoms with van der Waals surface area (Å²) in [7, 11) is 0. The van der Waals surface area contributed by atoms with E-state index in [-0.39, 0.29) is 17.7 Å². The maximum Gasteiger partial charge on any atom is 0.343 e. The second-order valence-electron chi connectivity index (χ2n) is 6.44. The van der Waals surface area contributed by atoms with Crippen LogP contribution in [-0.2, 0) is 17.8 Å². The van der Waals surface area contributed by atoms with Crippen LogP contribution in [0, 0.1) is 6.92 Å². The van der Waals surface area contributed by atoms with Gasteiger partial charge in [-0.05, 0) is 26.0 Å². The van der Waals surface area contributed by atoms with Crippen LogP contribution in [0.2, 0.25) is 0 Å². The summed E-state index contributed by atoms with van der Waals surface area (Å²) < 4.78 is 6.30. The van der Waals surface area contributed by atoms with Crippen molar-refractivity contribution in [2.75, 3.05) is 13.2 Å². The number of fused-ring (bicyclic) bond motifs is 1. The number of nitrogens with one attached hydrogen (secondary N) is 1. The number of aromatic nitrogens is 3. The van der Waals surface area contributed by atoms with Gasteiger partial charge in [0.25, 0.3) is 5.56 Å². The first-order chi connectivity index (χ1) is 13.0. The molecule has 0 saturated carbocycles. The van der Waals surface area contributed by atoms with Gasteiger partial charge in [-0.2, -0.15) is 0 Å². The molecule has 3 rings (SSSR count). The number of hydrogen-bond acceptors (Lipinski definition) is 5. The number of esters is 1. The lowest BCUT2D eigenvalue weighted by Crippen LogP contribution is -2.25. The summed E-state index contributed by atoms with van der Waals surface area (Å²) in [6, 6.07) is 9.85. The Hall–Kier alpha value is -2.93. The van der Waals surface area contributed by atoms with E-state index in [0.29, 0.717) is 17.9 Å². The Balaban J connectivity index is 1.88. The zero-order valence-corrected chi connectivity index (χ0v) is 15.9. The maximum atomic E-state index is 12.4. The predicted molar refractivity (Wildman–Crippen MR) is 103 cm³/mol. The molecule has 2 aromatic heterocycles. The monoisotopic (exact) mass is 368 g/mol. The van der Waals surface area contributed by atoms with Crippen LogP contribution in [0.15, 0.2) is 41.3 Å². The third-order valence-electron chi connectivity index (χ3n) is 4.37. The molecular formula is C20H24N4O3. The Morgan fingerprint density at radius 1 is 1.26 bits per heavy atom. The highest BCUT2D eigenvalue weighted by Gasteiger charge is 2.17. The molecule has 0 radical (unpaired) electrons. The summed E-state index contributed by atoms with van der Waals surface area (Å²) in [5, 5.41) is 2.76. The number of aromatic amines is 1. The fourth-order valence-electron chi connectivity index (χ4n) is 3.05. The molecule has 7 nitrogen and oxygen atoms in total. The number of benzene rings is 1. The van der Waals surface area contributed by atoms with Gasteiger partial charge in [-0.25, -0.2) is 14.3 Å². The standard InChI is InChI=1S/C20H24N4O3/c1-4-23(12-15-8-6-7-14(3)9-15)13-16-10-18(25)24-19(22-16)17(11-21-24)20(26)27-5-2/h6-11,21H,4-5,12-13H2,1-3H3. The van der Waals surface area contributed by atoms with Crippen LogP contribution in [0.25, 0.3) is 5.65 Å². The minimum Gasteiger partial charge on any atom is -0.462 e. The Labute approximate surface area is 157 Å². The third-order valence-corrected chi connectivity index (χ3v) is 4.37. The molecule has 0 fully saturated rings. The SMILES string of the molecule is CCOC(=O)c1c[nH]n2c(=O)cc(CN(CC)Cc3cccc(C)c3)nc12. The van der Waals surface area contributed by atoms with Crippen molar-refractivity contribution in [3.8, 4) is 0 Å². The van der Waals surface area contributed by atoms with Crippen molar-refractivity contribution in [2.24, 2.45) is 0 Å². The highest BCUT2D eigenvalue weighted by molar-refractivity contribution is 5.95. The van der Waals surface area contributed by atoms with E-state index >= 15 is 0 Å². The molecule has 0 aliphatic carbocycles. The lowest BCUT2D eigenvalue weighted by molar-refractivity contribution is 0.0528. The van der Waals surface area contributed by atoms with E-state index in [4.69, 9.17) is 4.74 Å². The molecule has 1 aromatic carbocycles. The molecule has 27 heavy (non-hydrogen) atoms. The number of carbonyl (C=O) groups is 1. The molecule has 7 heteroatoms. The first-order valence-corrected chi connectivity index (χ1v) is 9.07.